The molecular formula is C24H32FN3O3. The van der Waals surface area contributed by atoms with Crippen LogP contribution in [0.25, 0.3) is 0 Å². The van der Waals surface area contributed by atoms with E-state index in [9.17, 15) is 9.50 Å². The zero-order valence-corrected chi connectivity index (χ0v) is 18.4. The van der Waals surface area contributed by atoms with Crippen molar-refractivity contribution in [3.05, 3.63) is 59.4 Å². The summed E-state index contributed by atoms with van der Waals surface area (Å²) < 4.78 is 25.1. The lowest BCUT2D eigenvalue weighted by Gasteiger charge is -2.19. The van der Waals surface area contributed by atoms with Gasteiger partial charge in [0.2, 0.25) is 0 Å². The minimum absolute atomic E-state index is 0.178. The highest BCUT2D eigenvalue weighted by atomic mass is 19.1. The van der Waals surface area contributed by atoms with Gasteiger partial charge in [-0.3, -0.25) is 4.99 Å². The molecule has 1 fully saturated rings. The Kier molecular flexibility index (Phi) is 8.12. The molecule has 6 nitrogen and oxygen atoms in total. The van der Waals surface area contributed by atoms with E-state index in [2.05, 4.69) is 15.6 Å². The summed E-state index contributed by atoms with van der Waals surface area (Å²) >= 11 is 0. The van der Waals surface area contributed by atoms with E-state index in [-0.39, 0.29) is 18.4 Å². The molecule has 0 heterocycles. The second-order valence-electron chi connectivity index (χ2n) is 7.82. The van der Waals surface area contributed by atoms with Gasteiger partial charge in [0.05, 0.1) is 32.4 Å². The number of nitrogens with one attached hydrogen (secondary N) is 2. The molecule has 3 N–H and O–H groups in total. The highest BCUT2D eigenvalue weighted by Crippen LogP contribution is 2.30. The predicted octanol–water partition coefficient (Wildman–Crippen LogP) is 3.97. The number of hydrogen-bond acceptors (Lipinski definition) is 4. The maximum atomic E-state index is 14.4. The third-order valence-corrected chi connectivity index (χ3v) is 5.25. The van der Waals surface area contributed by atoms with E-state index in [0.717, 1.165) is 16.9 Å². The number of guanidine groups is 1. The zero-order valence-electron chi connectivity index (χ0n) is 18.4. The minimum Gasteiger partial charge on any atom is -0.497 e. The number of ether oxygens (including phenoxy) is 2. The molecule has 1 aliphatic carbocycles. The quantitative estimate of drug-likeness (QED) is 0.394. The molecule has 7 heteroatoms. The summed E-state index contributed by atoms with van der Waals surface area (Å²) in [7, 11) is 1.60. The van der Waals surface area contributed by atoms with Crippen molar-refractivity contribution in [2.75, 3.05) is 26.8 Å². The summed E-state index contributed by atoms with van der Waals surface area (Å²) in [5.41, 5.74) is 1.55. The van der Waals surface area contributed by atoms with E-state index >= 15 is 0 Å². The molecule has 1 aliphatic rings. The fourth-order valence-corrected chi connectivity index (χ4v) is 3.11. The van der Waals surface area contributed by atoms with Crippen LogP contribution >= 0.6 is 0 Å². The molecule has 0 radical (unpaired) electrons. The van der Waals surface area contributed by atoms with Crippen LogP contribution in [0.15, 0.2) is 47.5 Å². The molecule has 2 unspecified atom stereocenters. The van der Waals surface area contributed by atoms with Gasteiger partial charge < -0.3 is 25.2 Å². The fourth-order valence-electron chi connectivity index (χ4n) is 3.11. The highest BCUT2D eigenvalue weighted by Gasteiger charge is 2.22. The van der Waals surface area contributed by atoms with E-state index in [4.69, 9.17) is 9.47 Å². The summed E-state index contributed by atoms with van der Waals surface area (Å²) in [6.45, 7) is 5.34. The maximum Gasteiger partial charge on any atom is 0.191 e. The summed E-state index contributed by atoms with van der Waals surface area (Å²) in [6.07, 6.45) is 1.60. The van der Waals surface area contributed by atoms with Crippen LogP contribution < -0.4 is 20.1 Å². The maximum absolute atomic E-state index is 14.4. The molecule has 0 aliphatic heterocycles. The van der Waals surface area contributed by atoms with Gasteiger partial charge in [-0.15, -0.1) is 0 Å². The Morgan fingerprint density at radius 2 is 1.90 bits per heavy atom. The monoisotopic (exact) mass is 429 g/mol. The van der Waals surface area contributed by atoms with Crippen molar-refractivity contribution in [3.63, 3.8) is 0 Å². The lowest BCUT2D eigenvalue weighted by atomic mass is 10.1. The highest BCUT2D eigenvalue weighted by molar-refractivity contribution is 5.80. The molecule has 168 valence electrons. The molecule has 2 aromatic carbocycles. The van der Waals surface area contributed by atoms with E-state index in [0.29, 0.717) is 30.8 Å². The van der Waals surface area contributed by atoms with Crippen LogP contribution in [-0.4, -0.2) is 37.9 Å². The largest absolute Gasteiger partial charge is 0.497 e. The molecule has 0 saturated heterocycles. The van der Waals surface area contributed by atoms with Crippen LogP contribution in [0.5, 0.6) is 11.5 Å². The molecule has 2 atom stereocenters. The molecule has 3 rings (SSSR count). The number of benzene rings is 2. The van der Waals surface area contributed by atoms with Gasteiger partial charge in [-0.05, 0) is 68.0 Å². The van der Waals surface area contributed by atoms with Crippen molar-refractivity contribution in [1.82, 2.24) is 10.6 Å². The molecule has 1 saturated carbocycles. The predicted molar refractivity (Wildman–Crippen MR) is 120 cm³/mol. The number of aliphatic hydroxyl groups is 1. The second kappa shape index (κ2) is 11.0. The van der Waals surface area contributed by atoms with Crippen LogP contribution in [0.3, 0.4) is 0 Å². The fraction of sp³-hybridized carbons (Fsp3) is 0.458. The van der Waals surface area contributed by atoms with Crippen molar-refractivity contribution < 1.29 is 19.0 Å². The number of hydrogen-bond donors (Lipinski definition) is 3. The molecule has 0 bridgehead atoms. The van der Waals surface area contributed by atoms with Crippen molar-refractivity contribution in [1.29, 1.82) is 0 Å². The summed E-state index contributed by atoms with van der Waals surface area (Å²) in [5.74, 6) is 1.80. The number of aliphatic imine (C=N–C) groups is 1. The van der Waals surface area contributed by atoms with E-state index in [1.165, 1.54) is 18.9 Å². The van der Waals surface area contributed by atoms with Crippen LogP contribution in [0.4, 0.5) is 4.39 Å². The lowest BCUT2D eigenvalue weighted by molar-refractivity contribution is 0.187. The smallest absolute Gasteiger partial charge is 0.191 e. The van der Waals surface area contributed by atoms with Gasteiger partial charge in [-0.2, -0.15) is 0 Å². The van der Waals surface area contributed by atoms with Crippen LogP contribution in [0.2, 0.25) is 0 Å². The third kappa shape index (κ3) is 6.85. The Morgan fingerprint density at radius 3 is 2.52 bits per heavy atom. The molecule has 31 heavy (non-hydrogen) atoms. The van der Waals surface area contributed by atoms with Crippen LogP contribution in [0, 0.1) is 11.7 Å². The molecule has 2 aromatic rings. The summed E-state index contributed by atoms with van der Waals surface area (Å²) in [6, 6.07) is 12.1. The van der Waals surface area contributed by atoms with Crippen LogP contribution in [-0.2, 0) is 0 Å². The zero-order chi connectivity index (χ0) is 22.2. The first-order chi connectivity index (χ1) is 15.0. The van der Waals surface area contributed by atoms with Gasteiger partial charge >= 0.3 is 0 Å². The average molecular weight is 430 g/mol. The van der Waals surface area contributed by atoms with Crippen molar-refractivity contribution in [2.45, 2.75) is 38.8 Å². The Morgan fingerprint density at radius 1 is 1.19 bits per heavy atom. The summed E-state index contributed by atoms with van der Waals surface area (Å²) in [5, 5.41) is 16.9. The molecule has 0 aromatic heterocycles. The summed E-state index contributed by atoms with van der Waals surface area (Å²) in [4.78, 5) is 4.49. The van der Waals surface area contributed by atoms with Gasteiger partial charge in [0, 0.05) is 6.54 Å². The average Bonchev–Trinajstić information content (AvgIpc) is 3.61. The number of rotatable bonds is 10. The van der Waals surface area contributed by atoms with Crippen molar-refractivity contribution >= 4 is 5.96 Å². The third-order valence-electron chi connectivity index (χ3n) is 5.25. The lowest BCUT2D eigenvalue weighted by Crippen LogP contribution is -2.39. The SMILES string of the molecule is CCNC(=NCC(O)c1ccc(OC)cc1)NC(C)c1ccc(OCC2CC2)c(F)c1. The topological polar surface area (TPSA) is 75.1 Å². The number of halogens is 1. The van der Waals surface area contributed by atoms with E-state index in [1.807, 2.05) is 32.0 Å². The van der Waals surface area contributed by atoms with Crippen molar-refractivity contribution in [3.8, 4) is 11.5 Å². The van der Waals surface area contributed by atoms with Crippen LogP contribution in [0.1, 0.15) is 50.0 Å². The molecule has 0 amide bonds. The standard InChI is InChI=1S/C24H32FN3O3/c1-4-26-24(27-14-22(29)18-7-10-20(30-3)11-8-18)28-16(2)19-9-12-23(21(25)13-19)31-15-17-5-6-17/h7-13,16-17,22,29H,4-6,14-15H2,1-3H3,(H2,26,27,28). The van der Waals surface area contributed by atoms with Gasteiger partial charge in [0.15, 0.2) is 17.5 Å². The first kappa shape index (κ1) is 22.9. The Hall–Kier alpha value is -2.80. The van der Waals surface area contributed by atoms with Gasteiger partial charge in [0.1, 0.15) is 5.75 Å². The van der Waals surface area contributed by atoms with Gasteiger partial charge in [0.25, 0.3) is 0 Å². The number of aliphatic hydroxyl groups excluding tert-OH is 1. The number of methoxy groups -OCH3 is 1. The first-order valence-electron chi connectivity index (χ1n) is 10.8. The Balaban J connectivity index is 1.60. The first-order valence-corrected chi connectivity index (χ1v) is 10.8. The Bertz CT molecular complexity index is 869. The number of nitrogens with zero attached hydrogens (tertiary/aromatic N) is 1. The molecular weight excluding hydrogens is 397 g/mol. The van der Waals surface area contributed by atoms with E-state index < -0.39 is 6.10 Å². The molecule has 0 spiro atoms. The van der Waals surface area contributed by atoms with Crippen molar-refractivity contribution in [2.24, 2.45) is 10.9 Å². The Labute approximate surface area is 183 Å². The van der Waals surface area contributed by atoms with Gasteiger partial charge in [-0.1, -0.05) is 18.2 Å². The normalized spacial score (nSPS) is 15.8. The van der Waals surface area contributed by atoms with E-state index in [1.54, 1.807) is 25.3 Å². The second-order valence-corrected chi connectivity index (χ2v) is 7.82. The van der Waals surface area contributed by atoms with Gasteiger partial charge in [-0.25, -0.2) is 4.39 Å². The minimum atomic E-state index is -0.739.